The van der Waals surface area contributed by atoms with Gasteiger partial charge in [0.2, 0.25) is 0 Å². The standard InChI is InChI=1S/C14H21N3O3S/c1-16(2)14(18)11-6-7-13(17(19)20)12(10-11)15-8-4-5-9-21-3/h6-7,10,15H,4-5,8-9H2,1-3H3. The molecule has 0 spiro atoms. The highest BCUT2D eigenvalue weighted by molar-refractivity contribution is 7.98. The van der Waals surface area contributed by atoms with Crippen LogP contribution < -0.4 is 5.32 Å². The predicted octanol–water partition coefficient (Wildman–Crippen LogP) is 2.85. The first-order chi connectivity index (χ1) is 9.97. The van der Waals surface area contributed by atoms with Crippen LogP contribution in [0.5, 0.6) is 0 Å². The molecule has 1 aromatic rings. The van der Waals surface area contributed by atoms with Gasteiger partial charge in [0.1, 0.15) is 5.69 Å². The molecular formula is C14H21N3O3S. The van der Waals surface area contributed by atoms with E-state index < -0.39 is 4.92 Å². The van der Waals surface area contributed by atoms with Crippen molar-refractivity contribution in [1.82, 2.24) is 4.90 Å². The number of hydrogen-bond donors (Lipinski definition) is 1. The van der Waals surface area contributed by atoms with Gasteiger partial charge in [0.05, 0.1) is 4.92 Å². The zero-order valence-corrected chi connectivity index (χ0v) is 13.4. The number of benzene rings is 1. The van der Waals surface area contributed by atoms with Crippen LogP contribution in [-0.2, 0) is 0 Å². The Morgan fingerprint density at radius 1 is 1.38 bits per heavy atom. The Balaban J connectivity index is 2.84. The normalized spacial score (nSPS) is 10.2. The summed E-state index contributed by atoms with van der Waals surface area (Å²) >= 11 is 1.78. The van der Waals surface area contributed by atoms with Crippen LogP contribution in [0.25, 0.3) is 0 Å². The minimum atomic E-state index is -0.436. The lowest BCUT2D eigenvalue weighted by Gasteiger charge is -2.12. The number of carbonyl (C=O) groups is 1. The second kappa shape index (κ2) is 8.51. The van der Waals surface area contributed by atoms with Crippen molar-refractivity contribution in [3.63, 3.8) is 0 Å². The van der Waals surface area contributed by atoms with Gasteiger partial charge in [-0.2, -0.15) is 11.8 Å². The van der Waals surface area contributed by atoms with E-state index in [4.69, 9.17) is 0 Å². The zero-order chi connectivity index (χ0) is 15.8. The van der Waals surface area contributed by atoms with Gasteiger partial charge < -0.3 is 10.2 Å². The molecule has 1 rings (SSSR count). The number of hydrogen-bond acceptors (Lipinski definition) is 5. The van der Waals surface area contributed by atoms with Crippen LogP contribution >= 0.6 is 11.8 Å². The molecule has 116 valence electrons. The second-order valence-corrected chi connectivity index (χ2v) is 5.80. The van der Waals surface area contributed by atoms with Crippen LogP contribution in [0.3, 0.4) is 0 Å². The molecule has 0 aliphatic heterocycles. The Bertz CT molecular complexity index is 506. The largest absolute Gasteiger partial charge is 0.379 e. The van der Waals surface area contributed by atoms with Crippen LogP contribution in [-0.4, -0.2) is 48.4 Å². The van der Waals surface area contributed by atoms with Crippen LogP contribution in [0, 0.1) is 10.1 Å². The van der Waals surface area contributed by atoms with Gasteiger partial charge in [0.25, 0.3) is 11.6 Å². The minimum absolute atomic E-state index is 0.00447. The molecule has 0 aliphatic carbocycles. The number of nitrogens with zero attached hydrogens (tertiary/aromatic N) is 2. The molecule has 0 aromatic heterocycles. The SMILES string of the molecule is CSCCCCNc1cc(C(=O)N(C)C)ccc1[N+](=O)[O-]. The third kappa shape index (κ3) is 5.26. The molecule has 0 bridgehead atoms. The number of rotatable bonds is 8. The number of unbranched alkanes of at least 4 members (excludes halogenated alkanes) is 1. The lowest BCUT2D eigenvalue weighted by atomic mass is 10.1. The van der Waals surface area contributed by atoms with Gasteiger partial charge in [-0.1, -0.05) is 0 Å². The van der Waals surface area contributed by atoms with Gasteiger partial charge in [0.15, 0.2) is 0 Å². The van der Waals surface area contributed by atoms with Crippen LogP contribution in [0.4, 0.5) is 11.4 Å². The minimum Gasteiger partial charge on any atom is -0.379 e. The lowest BCUT2D eigenvalue weighted by molar-refractivity contribution is -0.384. The third-order valence-corrected chi connectivity index (χ3v) is 3.63. The van der Waals surface area contributed by atoms with Gasteiger partial charge >= 0.3 is 0 Å². The fourth-order valence-corrected chi connectivity index (χ4v) is 2.32. The maximum Gasteiger partial charge on any atom is 0.292 e. The molecule has 0 atom stereocenters. The highest BCUT2D eigenvalue weighted by Gasteiger charge is 2.17. The van der Waals surface area contributed by atoms with Crippen molar-refractivity contribution in [3.8, 4) is 0 Å². The number of thioether (sulfide) groups is 1. The first-order valence-electron chi connectivity index (χ1n) is 6.70. The Hall–Kier alpha value is -1.76. The van der Waals surface area contributed by atoms with E-state index >= 15 is 0 Å². The van der Waals surface area contributed by atoms with Crippen molar-refractivity contribution in [3.05, 3.63) is 33.9 Å². The summed E-state index contributed by atoms with van der Waals surface area (Å²) in [5.41, 5.74) is 0.837. The Morgan fingerprint density at radius 3 is 2.67 bits per heavy atom. The van der Waals surface area contributed by atoms with Crippen LogP contribution in [0.1, 0.15) is 23.2 Å². The van der Waals surface area contributed by atoms with Gasteiger partial charge in [-0.25, -0.2) is 0 Å². The predicted molar refractivity (Wildman–Crippen MR) is 87.2 cm³/mol. The average molecular weight is 311 g/mol. The summed E-state index contributed by atoms with van der Waals surface area (Å²) < 4.78 is 0. The summed E-state index contributed by atoms with van der Waals surface area (Å²) in [6.07, 6.45) is 4.04. The number of nitrogens with one attached hydrogen (secondary N) is 1. The van der Waals surface area contributed by atoms with Gasteiger partial charge in [0, 0.05) is 32.3 Å². The first kappa shape index (κ1) is 17.3. The maximum atomic E-state index is 11.9. The van der Waals surface area contributed by atoms with E-state index in [2.05, 4.69) is 11.6 Å². The van der Waals surface area contributed by atoms with E-state index in [1.54, 1.807) is 31.9 Å². The van der Waals surface area contributed by atoms with E-state index in [-0.39, 0.29) is 11.6 Å². The molecule has 0 saturated heterocycles. The lowest BCUT2D eigenvalue weighted by Crippen LogP contribution is -2.21. The van der Waals surface area contributed by atoms with Crippen LogP contribution in [0.15, 0.2) is 18.2 Å². The average Bonchev–Trinajstić information content (AvgIpc) is 2.45. The number of carbonyl (C=O) groups excluding carboxylic acids is 1. The molecule has 0 radical (unpaired) electrons. The Kier molecular flexibility index (Phi) is 7.01. The fraction of sp³-hybridized carbons (Fsp3) is 0.500. The van der Waals surface area contributed by atoms with Crippen molar-refractivity contribution >= 4 is 29.0 Å². The molecule has 1 aromatic carbocycles. The van der Waals surface area contributed by atoms with Crippen molar-refractivity contribution in [2.24, 2.45) is 0 Å². The number of nitro benzene ring substituents is 1. The Labute approximate surface area is 129 Å². The zero-order valence-electron chi connectivity index (χ0n) is 12.6. The highest BCUT2D eigenvalue weighted by Crippen LogP contribution is 2.26. The molecule has 1 amide bonds. The molecule has 0 unspecified atom stereocenters. The first-order valence-corrected chi connectivity index (χ1v) is 8.09. The summed E-state index contributed by atoms with van der Waals surface area (Å²) in [4.78, 5) is 24.0. The topological polar surface area (TPSA) is 75.5 Å². The second-order valence-electron chi connectivity index (χ2n) is 4.82. The molecule has 1 N–H and O–H groups in total. The molecule has 21 heavy (non-hydrogen) atoms. The van der Waals surface area contributed by atoms with Gasteiger partial charge in [-0.15, -0.1) is 0 Å². The van der Waals surface area contributed by atoms with Crippen molar-refractivity contribution in [2.45, 2.75) is 12.8 Å². The van der Waals surface area contributed by atoms with E-state index in [1.807, 2.05) is 0 Å². The van der Waals surface area contributed by atoms with E-state index in [1.165, 1.54) is 17.0 Å². The van der Waals surface area contributed by atoms with Crippen LogP contribution in [0.2, 0.25) is 0 Å². The molecule has 0 fully saturated rings. The van der Waals surface area contributed by atoms with Crippen molar-refractivity contribution < 1.29 is 9.72 Å². The number of anilines is 1. The Morgan fingerprint density at radius 2 is 2.10 bits per heavy atom. The summed E-state index contributed by atoms with van der Waals surface area (Å²) in [6.45, 7) is 0.654. The van der Waals surface area contributed by atoms with E-state index in [0.717, 1.165) is 18.6 Å². The smallest absolute Gasteiger partial charge is 0.292 e. The molecular weight excluding hydrogens is 290 g/mol. The highest BCUT2D eigenvalue weighted by atomic mass is 32.2. The molecule has 0 saturated carbocycles. The van der Waals surface area contributed by atoms with Gasteiger partial charge in [-0.05, 0) is 37.0 Å². The van der Waals surface area contributed by atoms with Gasteiger partial charge in [-0.3, -0.25) is 14.9 Å². The number of amides is 1. The maximum absolute atomic E-state index is 11.9. The van der Waals surface area contributed by atoms with E-state index in [0.29, 0.717) is 17.8 Å². The summed E-state index contributed by atoms with van der Waals surface area (Å²) in [5, 5.41) is 14.1. The molecule has 0 aliphatic rings. The fourth-order valence-electron chi connectivity index (χ4n) is 1.82. The summed E-state index contributed by atoms with van der Waals surface area (Å²) in [7, 11) is 3.30. The molecule has 6 nitrogen and oxygen atoms in total. The monoisotopic (exact) mass is 311 g/mol. The third-order valence-electron chi connectivity index (χ3n) is 2.94. The van der Waals surface area contributed by atoms with Crippen molar-refractivity contribution in [1.29, 1.82) is 0 Å². The summed E-state index contributed by atoms with van der Waals surface area (Å²) in [5.74, 6) is 0.901. The van der Waals surface area contributed by atoms with E-state index in [9.17, 15) is 14.9 Å². The molecule has 0 heterocycles. The number of nitro groups is 1. The van der Waals surface area contributed by atoms with Crippen molar-refractivity contribution in [2.75, 3.05) is 38.0 Å². The molecule has 7 heteroatoms. The quantitative estimate of drug-likeness (QED) is 0.454. The summed E-state index contributed by atoms with van der Waals surface area (Å²) in [6, 6.07) is 4.41.